The van der Waals surface area contributed by atoms with Gasteiger partial charge in [0.2, 0.25) is 0 Å². The molecule has 0 bridgehead atoms. The van der Waals surface area contributed by atoms with Gasteiger partial charge in [-0.25, -0.2) is 4.98 Å². The number of thiazole rings is 1. The summed E-state index contributed by atoms with van der Waals surface area (Å²) in [6, 6.07) is 0.0198. The fourth-order valence-electron chi connectivity index (χ4n) is 2.06. The van der Waals surface area contributed by atoms with E-state index in [2.05, 4.69) is 4.98 Å². The van der Waals surface area contributed by atoms with Crippen molar-refractivity contribution in [2.45, 2.75) is 25.1 Å². The van der Waals surface area contributed by atoms with Crippen LogP contribution in [0.3, 0.4) is 0 Å². The first-order valence-corrected chi connectivity index (χ1v) is 7.19. The topological polar surface area (TPSA) is 97.3 Å². The number of carbonyl (C=O) groups is 1. The SMILES string of the molecule is Nc1nc(N2CCCC(N)C2)sc1C(=O)NCC(F)(F)F. The van der Waals surface area contributed by atoms with Crippen LogP contribution in [0.15, 0.2) is 0 Å². The Morgan fingerprint density at radius 3 is 2.86 bits per heavy atom. The molecule has 1 atom stereocenters. The van der Waals surface area contributed by atoms with Crippen LogP contribution in [0.1, 0.15) is 22.5 Å². The maximum Gasteiger partial charge on any atom is 0.405 e. The molecule has 21 heavy (non-hydrogen) atoms. The zero-order chi connectivity index (χ0) is 15.6. The molecule has 2 rings (SSSR count). The number of nitrogens with zero attached hydrogens (tertiary/aromatic N) is 2. The minimum Gasteiger partial charge on any atom is -0.382 e. The fraction of sp³-hybridized carbons (Fsp3) is 0.636. The fourth-order valence-corrected chi connectivity index (χ4v) is 3.00. The molecule has 0 aromatic carbocycles. The lowest BCUT2D eigenvalue weighted by atomic mass is 10.1. The maximum absolute atomic E-state index is 12.1. The largest absolute Gasteiger partial charge is 0.405 e. The van der Waals surface area contributed by atoms with Gasteiger partial charge in [-0.15, -0.1) is 0 Å². The number of hydrogen-bond acceptors (Lipinski definition) is 6. The van der Waals surface area contributed by atoms with Crippen LogP contribution in [-0.4, -0.2) is 42.7 Å². The van der Waals surface area contributed by atoms with E-state index in [-0.39, 0.29) is 16.7 Å². The molecule has 1 unspecified atom stereocenters. The lowest BCUT2D eigenvalue weighted by Gasteiger charge is -2.30. The predicted octanol–water partition coefficient (Wildman–Crippen LogP) is 0.945. The van der Waals surface area contributed by atoms with Gasteiger partial charge in [-0.1, -0.05) is 11.3 Å². The quantitative estimate of drug-likeness (QED) is 0.769. The van der Waals surface area contributed by atoms with E-state index in [9.17, 15) is 18.0 Å². The molecule has 10 heteroatoms. The second kappa shape index (κ2) is 6.06. The molecule has 118 valence electrons. The third-order valence-electron chi connectivity index (χ3n) is 3.03. The second-order valence-electron chi connectivity index (χ2n) is 4.86. The van der Waals surface area contributed by atoms with E-state index in [1.165, 1.54) is 0 Å². The minimum atomic E-state index is -4.46. The standard InChI is InChI=1S/C11H16F3N5OS/c12-11(13,14)5-17-9(20)7-8(16)18-10(21-7)19-3-1-2-6(15)4-19/h6H,1-5,15-16H2,(H,17,20). The Hall–Kier alpha value is -1.55. The molecule has 0 saturated carbocycles. The summed E-state index contributed by atoms with van der Waals surface area (Å²) in [6.07, 6.45) is -2.65. The van der Waals surface area contributed by atoms with Gasteiger partial charge >= 0.3 is 6.18 Å². The van der Waals surface area contributed by atoms with Gasteiger partial charge in [-0.3, -0.25) is 4.79 Å². The Balaban J connectivity index is 2.06. The Labute approximate surface area is 123 Å². The summed E-state index contributed by atoms with van der Waals surface area (Å²) in [7, 11) is 0. The first-order valence-electron chi connectivity index (χ1n) is 6.38. The van der Waals surface area contributed by atoms with Crippen molar-refractivity contribution in [3.8, 4) is 0 Å². The number of nitrogens with one attached hydrogen (secondary N) is 1. The van der Waals surface area contributed by atoms with Crippen molar-refractivity contribution in [3.05, 3.63) is 4.88 Å². The highest BCUT2D eigenvalue weighted by Crippen LogP contribution is 2.30. The molecule has 1 aliphatic heterocycles. The third-order valence-corrected chi connectivity index (χ3v) is 4.16. The smallest absolute Gasteiger partial charge is 0.382 e. The van der Waals surface area contributed by atoms with Crippen molar-refractivity contribution in [2.75, 3.05) is 30.3 Å². The Kier molecular flexibility index (Phi) is 4.57. The zero-order valence-electron chi connectivity index (χ0n) is 11.1. The molecule has 5 N–H and O–H groups in total. The maximum atomic E-state index is 12.1. The number of hydrogen-bond donors (Lipinski definition) is 3. The summed E-state index contributed by atoms with van der Waals surface area (Å²) < 4.78 is 36.3. The highest BCUT2D eigenvalue weighted by Gasteiger charge is 2.29. The van der Waals surface area contributed by atoms with E-state index in [0.29, 0.717) is 11.7 Å². The van der Waals surface area contributed by atoms with Crippen LogP contribution in [-0.2, 0) is 0 Å². The van der Waals surface area contributed by atoms with Gasteiger partial charge < -0.3 is 21.7 Å². The van der Waals surface area contributed by atoms with Crippen LogP contribution in [0.25, 0.3) is 0 Å². The molecule has 0 aliphatic carbocycles. The van der Waals surface area contributed by atoms with Gasteiger partial charge in [0.1, 0.15) is 17.2 Å². The highest BCUT2D eigenvalue weighted by molar-refractivity contribution is 7.18. The number of rotatable bonds is 3. The molecule has 1 fully saturated rings. The number of nitrogens with two attached hydrogens (primary N) is 2. The van der Waals surface area contributed by atoms with Crippen LogP contribution in [0.5, 0.6) is 0 Å². The van der Waals surface area contributed by atoms with Crippen LogP contribution in [0.2, 0.25) is 0 Å². The van der Waals surface area contributed by atoms with Crippen LogP contribution in [0.4, 0.5) is 24.1 Å². The molecule has 1 saturated heterocycles. The molecule has 0 radical (unpaired) electrons. The van der Waals surface area contributed by atoms with E-state index in [1.54, 1.807) is 5.32 Å². The monoisotopic (exact) mass is 323 g/mol. The van der Waals surface area contributed by atoms with Gasteiger partial charge in [0.15, 0.2) is 5.13 Å². The molecule has 1 aliphatic rings. The Bertz CT molecular complexity index is 518. The summed E-state index contributed by atoms with van der Waals surface area (Å²) in [4.78, 5) is 17.7. The zero-order valence-corrected chi connectivity index (χ0v) is 11.9. The van der Waals surface area contributed by atoms with E-state index in [4.69, 9.17) is 11.5 Å². The summed E-state index contributed by atoms with van der Waals surface area (Å²) in [5, 5.41) is 2.30. The van der Waals surface area contributed by atoms with Gasteiger partial charge in [-0.2, -0.15) is 13.2 Å². The summed E-state index contributed by atoms with van der Waals surface area (Å²) >= 11 is 0.982. The molecule has 1 aromatic heterocycles. The van der Waals surface area contributed by atoms with Gasteiger partial charge in [-0.05, 0) is 12.8 Å². The average Bonchev–Trinajstić information content (AvgIpc) is 2.77. The summed E-state index contributed by atoms with van der Waals surface area (Å²) in [6.45, 7) is -0.0616. The van der Waals surface area contributed by atoms with E-state index < -0.39 is 18.6 Å². The van der Waals surface area contributed by atoms with Gasteiger partial charge in [0.25, 0.3) is 5.91 Å². The summed E-state index contributed by atoms with van der Waals surface area (Å²) in [5.74, 6) is -0.927. The van der Waals surface area contributed by atoms with Crippen molar-refractivity contribution in [1.29, 1.82) is 0 Å². The molecule has 6 nitrogen and oxygen atoms in total. The normalized spacial score (nSPS) is 19.6. The van der Waals surface area contributed by atoms with Crippen LogP contribution >= 0.6 is 11.3 Å². The predicted molar refractivity (Wildman–Crippen MR) is 74.3 cm³/mol. The molecule has 1 aromatic rings. The Morgan fingerprint density at radius 1 is 1.52 bits per heavy atom. The van der Waals surface area contributed by atoms with Crippen molar-refractivity contribution >= 4 is 28.2 Å². The highest BCUT2D eigenvalue weighted by atomic mass is 32.1. The minimum absolute atomic E-state index is 0.00612. The van der Waals surface area contributed by atoms with Crippen molar-refractivity contribution < 1.29 is 18.0 Å². The molecule has 0 spiro atoms. The second-order valence-corrected chi connectivity index (χ2v) is 5.83. The number of alkyl halides is 3. The van der Waals surface area contributed by atoms with Crippen LogP contribution in [0, 0.1) is 0 Å². The number of anilines is 2. The first kappa shape index (κ1) is 15.8. The van der Waals surface area contributed by atoms with Gasteiger partial charge in [0.05, 0.1) is 0 Å². The van der Waals surface area contributed by atoms with E-state index in [1.807, 2.05) is 4.90 Å². The molecular formula is C11H16F3N5OS. The number of nitrogen functional groups attached to an aromatic ring is 1. The van der Waals surface area contributed by atoms with Crippen molar-refractivity contribution in [2.24, 2.45) is 5.73 Å². The number of halogens is 3. The molecular weight excluding hydrogens is 307 g/mol. The number of carbonyl (C=O) groups excluding carboxylic acids is 1. The molecule has 2 heterocycles. The third kappa shape index (κ3) is 4.21. The summed E-state index contributed by atoms with van der Waals surface area (Å²) in [5.41, 5.74) is 11.5. The number of amides is 1. The van der Waals surface area contributed by atoms with Crippen molar-refractivity contribution in [1.82, 2.24) is 10.3 Å². The lowest BCUT2D eigenvalue weighted by Crippen LogP contribution is -2.42. The molecule has 1 amide bonds. The van der Waals surface area contributed by atoms with E-state index in [0.717, 1.165) is 30.7 Å². The van der Waals surface area contributed by atoms with E-state index >= 15 is 0 Å². The number of piperidine rings is 1. The number of aromatic nitrogens is 1. The van der Waals surface area contributed by atoms with Crippen molar-refractivity contribution in [3.63, 3.8) is 0 Å². The Morgan fingerprint density at radius 2 is 2.24 bits per heavy atom. The average molecular weight is 323 g/mol. The first-order chi connectivity index (χ1) is 9.76. The van der Waals surface area contributed by atoms with Crippen LogP contribution < -0.4 is 21.7 Å². The lowest BCUT2D eigenvalue weighted by molar-refractivity contribution is -0.123. The van der Waals surface area contributed by atoms with Gasteiger partial charge in [0, 0.05) is 19.1 Å².